The fourth-order valence-corrected chi connectivity index (χ4v) is 12.2. The Morgan fingerprint density at radius 2 is 0.904 bits per heavy atom. The summed E-state index contributed by atoms with van der Waals surface area (Å²) in [6.45, 7) is 11.4. The van der Waals surface area contributed by atoms with Gasteiger partial charge in [0, 0.05) is 61.7 Å². The van der Waals surface area contributed by atoms with Gasteiger partial charge in [0.1, 0.15) is 48.2 Å². The van der Waals surface area contributed by atoms with Crippen molar-refractivity contribution in [1.29, 1.82) is 0 Å². The molecule has 0 unspecified atom stereocenters. The highest BCUT2D eigenvalue weighted by Gasteiger charge is 2.42. The molecule has 0 radical (unpaired) electrons. The van der Waals surface area contributed by atoms with Gasteiger partial charge in [0.05, 0.1) is 54.4 Å². The predicted octanol–water partition coefficient (Wildman–Crippen LogP) is 12.8. The minimum atomic E-state index is -4.48. The molecule has 14 nitrogen and oxygen atoms in total. The molecule has 17 heteroatoms. The molecule has 6 rings (SSSR count). The van der Waals surface area contributed by atoms with Crippen LogP contribution in [0.15, 0.2) is 146 Å². The van der Waals surface area contributed by atoms with Gasteiger partial charge in [-0.2, -0.15) is 13.2 Å². The van der Waals surface area contributed by atoms with Crippen molar-refractivity contribution in [2.24, 2.45) is 53.3 Å². The molecule has 94 heavy (non-hydrogen) atoms. The molecule has 0 heterocycles. The minimum Gasteiger partial charge on any atom is -0.491 e. The van der Waals surface area contributed by atoms with Crippen LogP contribution in [-0.4, -0.2) is 131 Å². The predicted molar refractivity (Wildman–Crippen MR) is 362 cm³/mol. The van der Waals surface area contributed by atoms with Gasteiger partial charge in [0.15, 0.2) is 0 Å². The Kier molecular flexibility index (Phi) is 37.4. The number of carbonyl (C=O) groups excluding carboxylic acids is 3. The molecule has 15 atom stereocenters. The standard InChI is InChI=1S/C26H35F3O5.C26H38O4.C25H38O5/c1-17(2)23(31)11-6-4-3-5-10-21-22(25(33)15-24(21)32)13-12-19(30)16-34-20-9-7-8-18(14-20)26(27,28)29;1-19(2)24(28)13-9-4-3-8-12-22-23(26(30)18-25(22)29)17-16-21(27)15-14-20-10-6-5-7-11-20;1-18(2)23(27)13-9-4-3-8-12-21-22(25(29)16-24(21)28)15-14-19(26)17-30-20-10-6-5-7-11-20/h3,5,7-9,12-14,17,19,21-22,24-25,30,32-33H,4,6,10-11,15-16H2,1-2H3;3,5-8,10-11,16-17,19,21-23,25-27,29-30H,4,9,12-15,18H2,1-2H3;3,5-8,10-11,18-19,21-22,24-26,28-29H,4,9,12-17H2,1-2H3/b5-3-,13-12+;8-3-,17-16+;8-3-/t19-,21-,22-,24+,25-;21-,22+,23+,25-,26+;19-,21-,22-,24+,25-/m101/s1. The van der Waals surface area contributed by atoms with Gasteiger partial charge in [-0.25, -0.2) is 0 Å². The number of allylic oxidation sites excluding steroid dienone is 6. The van der Waals surface area contributed by atoms with E-state index in [-0.39, 0.29) is 84.4 Å². The molecule has 3 aromatic carbocycles. The Hall–Kier alpha value is -5.60. The molecule has 3 aromatic rings. The molecule has 3 saturated carbocycles. The first kappa shape index (κ1) is 80.8. The molecule has 9 N–H and O–H groups in total. The van der Waals surface area contributed by atoms with E-state index in [1.165, 1.54) is 23.8 Å². The topological polar surface area (TPSA) is 252 Å². The quantitative estimate of drug-likeness (QED) is 0.0192. The van der Waals surface area contributed by atoms with Crippen LogP contribution < -0.4 is 9.47 Å². The summed E-state index contributed by atoms with van der Waals surface area (Å²) in [7, 11) is 0. The van der Waals surface area contributed by atoms with Gasteiger partial charge in [-0.05, 0) is 149 Å². The first-order chi connectivity index (χ1) is 44.7. The Labute approximate surface area is 557 Å². The summed E-state index contributed by atoms with van der Waals surface area (Å²) in [6.07, 6.45) is 20.8. The summed E-state index contributed by atoms with van der Waals surface area (Å²) in [5, 5.41) is 92.8. The molecule has 3 fully saturated rings. The molecule has 0 aromatic heterocycles. The number of aliphatic hydroxyl groups is 9. The van der Waals surface area contributed by atoms with Crippen LogP contribution in [0, 0.1) is 53.3 Å². The highest BCUT2D eigenvalue weighted by Crippen LogP contribution is 2.40. The van der Waals surface area contributed by atoms with Crippen LogP contribution in [0.1, 0.15) is 168 Å². The highest BCUT2D eigenvalue weighted by atomic mass is 19.4. The Morgan fingerprint density at radius 1 is 0.489 bits per heavy atom. The largest absolute Gasteiger partial charge is 0.491 e. The van der Waals surface area contributed by atoms with Gasteiger partial charge in [-0.1, -0.05) is 157 Å². The second-order valence-electron chi connectivity index (χ2n) is 26.7. The second kappa shape index (κ2) is 43.5. The number of aliphatic hydroxyl groups excluding tert-OH is 9. The number of Topliss-reactive ketones (excluding diaryl/α,β-unsaturated/α-hetero) is 3. The molecular weight excluding hydrogens is 1210 g/mol. The lowest BCUT2D eigenvalue weighted by Crippen LogP contribution is -2.25. The van der Waals surface area contributed by atoms with Crippen LogP contribution in [0.5, 0.6) is 11.5 Å². The van der Waals surface area contributed by atoms with E-state index in [4.69, 9.17) is 9.47 Å². The zero-order chi connectivity index (χ0) is 69.2. The number of ketones is 3. The zero-order valence-electron chi connectivity index (χ0n) is 56.3. The number of halogens is 3. The van der Waals surface area contributed by atoms with Crippen LogP contribution in [0.25, 0.3) is 0 Å². The van der Waals surface area contributed by atoms with Crippen molar-refractivity contribution in [3.8, 4) is 11.5 Å². The first-order valence-corrected chi connectivity index (χ1v) is 34.3. The normalized spacial score (nSPS) is 25.0. The van der Waals surface area contributed by atoms with Crippen LogP contribution in [0.2, 0.25) is 0 Å². The van der Waals surface area contributed by atoms with Crippen molar-refractivity contribution in [2.75, 3.05) is 13.2 Å². The number of rotatable bonds is 37. The van der Waals surface area contributed by atoms with Crippen LogP contribution in [0.3, 0.4) is 0 Å². The minimum absolute atomic E-state index is 0.00305. The molecule has 0 amide bonds. The molecule has 0 aliphatic heterocycles. The molecule has 0 bridgehead atoms. The van der Waals surface area contributed by atoms with E-state index in [2.05, 4.69) is 36.4 Å². The molecule has 0 spiro atoms. The summed E-state index contributed by atoms with van der Waals surface area (Å²) < 4.78 is 49.3. The lowest BCUT2D eigenvalue weighted by molar-refractivity contribution is -0.137. The average Bonchev–Trinajstić information content (AvgIpc) is 1.70. The molecular formula is C77H111F3O14. The third-order valence-corrected chi connectivity index (χ3v) is 18.2. The third kappa shape index (κ3) is 30.6. The van der Waals surface area contributed by atoms with Gasteiger partial charge in [-0.3, -0.25) is 14.4 Å². The molecule has 524 valence electrons. The fraction of sp³-hybridized carbons (Fsp3) is 0.597. The van der Waals surface area contributed by atoms with Crippen LogP contribution in [-0.2, 0) is 27.0 Å². The van der Waals surface area contributed by atoms with Crippen LogP contribution >= 0.6 is 0 Å². The Balaban J connectivity index is 0.000000301. The number of hydrogen-bond acceptors (Lipinski definition) is 14. The van der Waals surface area contributed by atoms with Crippen molar-refractivity contribution in [1.82, 2.24) is 0 Å². The van der Waals surface area contributed by atoms with E-state index in [0.29, 0.717) is 82.2 Å². The van der Waals surface area contributed by atoms with E-state index in [9.17, 15) is 73.5 Å². The Bertz CT molecular complexity index is 2750. The maximum atomic E-state index is 12.8. The van der Waals surface area contributed by atoms with Gasteiger partial charge in [0.2, 0.25) is 0 Å². The molecule has 0 saturated heterocycles. The SMILES string of the molecule is CC(C)C(=O)CCC/C=C\C[C@@H]1[C@@H](/C=C/[C@@H](O)CCc2ccccc2)[C@H](O)C[C@@H]1O.CC(C)C(=O)CCC/C=C\C[C@@H]1[C@@H](/C=C/[C@@H](O)COc2cccc(C(F)(F)F)c2)[C@H](O)C[C@@H]1O.CC(C)C(=O)CCC/C=C\C[C@@H]1[C@@H](CC[C@@H](O)COc2ccccc2)[C@H](O)C[C@@H]1O. The smallest absolute Gasteiger partial charge is 0.416 e. The maximum Gasteiger partial charge on any atom is 0.416 e. The van der Waals surface area contributed by atoms with Crippen molar-refractivity contribution >= 4 is 17.3 Å². The van der Waals surface area contributed by atoms with Gasteiger partial charge in [-0.15, -0.1) is 0 Å². The van der Waals surface area contributed by atoms with Gasteiger partial charge < -0.3 is 55.4 Å². The fourth-order valence-electron chi connectivity index (χ4n) is 12.2. The van der Waals surface area contributed by atoms with E-state index < -0.39 is 66.7 Å². The third-order valence-electron chi connectivity index (χ3n) is 18.2. The summed E-state index contributed by atoms with van der Waals surface area (Å²) in [4.78, 5) is 34.9. The zero-order valence-corrected chi connectivity index (χ0v) is 56.3. The number of carbonyl (C=O) groups is 3. The summed E-state index contributed by atoms with van der Waals surface area (Å²) in [6, 6.07) is 23.9. The number of alkyl halides is 3. The molecule has 3 aliphatic rings. The number of ether oxygens (including phenoxy) is 2. The number of benzene rings is 3. The second-order valence-corrected chi connectivity index (χ2v) is 26.7. The average molecular weight is 1320 g/mol. The summed E-state index contributed by atoms with van der Waals surface area (Å²) in [5.41, 5.74) is 0.361. The Morgan fingerprint density at radius 3 is 1.38 bits per heavy atom. The van der Waals surface area contributed by atoms with Gasteiger partial charge >= 0.3 is 6.18 Å². The van der Waals surface area contributed by atoms with Crippen LogP contribution in [0.4, 0.5) is 13.2 Å². The monoisotopic (exact) mass is 1320 g/mol. The number of para-hydroxylation sites is 1. The van der Waals surface area contributed by atoms with E-state index in [0.717, 1.165) is 62.8 Å². The van der Waals surface area contributed by atoms with Crippen molar-refractivity contribution < 1.29 is 83.0 Å². The number of aryl methyl sites for hydroxylation is 1. The summed E-state index contributed by atoms with van der Waals surface area (Å²) >= 11 is 0. The highest BCUT2D eigenvalue weighted by molar-refractivity contribution is 5.81. The lowest BCUT2D eigenvalue weighted by Gasteiger charge is -2.23. The number of unbranched alkanes of at least 4 members (excludes halogenated alkanes) is 3. The van der Waals surface area contributed by atoms with E-state index in [1.807, 2.05) is 108 Å². The van der Waals surface area contributed by atoms with Crippen molar-refractivity contribution in [3.63, 3.8) is 0 Å². The lowest BCUT2D eigenvalue weighted by atomic mass is 9.86. The van der Waals surface area contributed by atoms with Crippen molar-refractivity contribution in [3.05, 3.63) is 157 Å². The molecule has 3 aliphatic carbocycles. The number of hydrogen-bond donors (Lipinski definition) is 9. The first-order valence-electron chi connectivity index (χ1n) is 34.3. The van der Waals surface area contributed by atoms with E-state index in [1.54, 1.807) is 12.2 Å². The summed E-state index contributed by atoms with van der Waals surface area (Å²) in [5.74, 6) is 0.962. The van der Waals surface area contributed by atoms with Gasteiger partial charge in [0.25, 0.3) is 0 Å². The maximum absolute atomic E-state index is 12.8. The van der Waals surface area contributed by atoms with E-state index >= 15 is 0 Å². The van der Waals surface area contributed by atoms with Crippen molar-refractivity contribution in [2.45, 2.75) is 225 Å².